The lowest BCUT2D eigenvalue weighted by molar-refractivity contribution is 0.680. The van der Waals surface area contributed by atoms with Crippen molar-refractivity contribution in [2.75, 3.05) is 23.3 Å². The van der Waals surface area contributed by atoms with Crippen molar-refractivity contribution in [1.82, 2.24) is 4.98 Å². The van der Waals surface area contributed by atoms with E-state index in [1.54, 1.807) is 6.20 Å². The van der Waals surface area contributed by atoms with Crippen molar-refractivity contribution in [3.05, 3.63) is 17.4 Å². The Kier molecular flexibility index (Phi) is 2.50. The number of nitrogens with one attached hydrogen (secondary N) is 1. The van der Waals surface area contributed by atoms with Crippen LogP contribution >= 0.6 is 11.6 Å². The van der Waals surface area contributed by atoms with E-state index in [1.807, 2.05) is 6.20 Å². The summed E-state index contributed by atoms with van der Waals surface area (Å²) in [5.74, 6) is 0. The topological polar surface area (TPSA) is 28.2 Å². The third-order valence-electron chi connectivity index (χ3n) is 2.45. The molecule has 1 aromatic rings. The van der Waals surface area contributed by atoms with Crippen molar-refractivity contribution >= 4 is 23.0 Å². The second-order valence-electron chi connectivity index (χ2n) is 3.73. The maximum atomic E-state index is 6.14. The highest BCUT2D eigenvalue weighted by Crippen LogP contribution is 2.35. The molecule has 0 atom stereocenters. The van der Waals surface area contributed by atoms with E-state index in [1.165, 1.54) is 0 Å². The second kappa shape index (κ2) is 3.65. The molecule has 3 nitrogen and oxygen atoms in total. The van der Waals surface area contributed by atoms with Crippen LogP contribution in [-0.2, 0) is 0 Å². The highest BCUT2D eigenvalue weighted by Gasteiger charge is 2.21. The number of hydrogen-bond donors (Lipinski definition) is 1. The van der Waals surface area contributed by atoms with E-state index in [0.29, 0.717) is 6.04 Å². The molecule has 1 N–H and O–H groups in total. The van der Waals surface area contributed by atoms with Crippen molar-refractivity contribution in [3.8, 4) is 0 Å². The Morgan fingerprint density at radius 1 is 1.50 bits per heavy atom. The highest BCUT2D eigenvalue weighted by molar-refractivity contribution is 6.33. The summed E-state index contributed by atoms with van der Waals surface area (Å²) >= 11 is 6.14. The van der Waals surface area contributed by atoms with Crippen LogP contribution in [0, 0.1) is 0 Å². The average Bonchev–Trinajstić information content (AvgIpc) is 2.17. The van der Waals surface area contributed by atoms with E-state index < -0.39 is 0 Å². The summed E-state index contributed by atoms with van der Waals surface area (Å²) in [5.41, 5.74) is 2.13. The number of hydrogen-bond acceptors (Lipinski definition) is 3. The summed E-state index contributed by atoms with van der Waals surface area (Å²) < 4.78 is 0. The van der Waals surface area contributed by atoms with Gasteiger partial charge in [0.25, 0.3) is 0 Å². The van der Waals surface area contributed by atoms with Gasteiger partial charge in [0.2, 0.25) is 0 Å². The zero-order chi connectivity index (χ0) is 10.1. The summed E-state index contributed by atoms with van der Waals surface area (Å²) in [5, 5.41) is 4.03. The van der Waals surface area contributed by atoms with Crippen molar-refractivity contribution in [2.45, 2.75) is 19.9 Å². The molecule has 0 amide bonds. The number of fused-ring (bicyclic) bond motifs is 1. The summed E-state index contributed by atoms with van der Waals surface area (Å²) in [6.07, 6.45) is 3.53. The van der Waals surface area contributed by atoms with Gasteiger partial charge in [-0.2, -0.15) is 0 Å². The predicted molar refractivity (Wildman–Crippen MR) is 60.2 cm³/mol. The molecule has 0 radical (unpaired) electrons. The molecule has 0 aromatic carbocycles. The fourth-order valence-corrected chi connectivity index (χ4v) is 2.06. The number of nitrogens with zero attached hydrogens (tertiary/aromatic N) is 2. The van der Waals surface area contributed by atoms with Crippen LogP contribution in [0.25, 0.3) is 0 Å². The van der Waals surface area contributed by atoms with Crippen LogP contribution in [0.5, 0.6) is 0 Å². The van der Waals surface area contributed by atoms with Gasteiger partial charge in [0.1, 0.15) is 0 Å². The molecule has 0 saturated heterocycles. The van der Waals surface area contributed by atoms with Crippen molar-refractivity contribution in [2.24, 2.45) is 0 Å². The molecule has 0 spiro atoms. The van der Waals surface area contributed by atoms with E-state index >= 15 is 0 Å². The average molecular weight is 212 g/mol. The fourth-order valence-electron chi connectivity index (χ4n) is 1.79. The Labute approximate surface area is 89.1 Å². The molecule has 1 aliphatic rings. The SMILES string of the molecule is CC(C)N1CCNc2cncc(Cl)c21. The number of anilines is 2. The van der Waals surface area contributed by atoms with Gasteiger partial charge in [-0.3, -0.25) is 4.98 Å². The molecule has 2 heterocycles. The third-order valence-corrected chi connectivity index (χ3v) is 2.73. The smallest absolute Gasteiger partial charge is 0.0844 e. The van der Waals surface area contributed by atoms with E-state index in [0.717, 1.165) is 29.5 Å². The molecular weight excluding hydrogens is 198 g/mol. The van der Waals surface area contributed by atoms with Gasteiger partial charge in [0, 0.05) is 25.3 Å². The first-order valence-electron chi connectivity index (χ1n) is 4.84. The third kappa shape index (κ3) is 1.52. The van der Waals surface area contributed by atoms with Crippen LogP contribution in [-0.4, -0.2) is 24.1 Å². The van der Waals surface area contributed by atoms with Crippen LogP contribution < -0.4 is 10.2 Å². The van der Waals surface area contributed by atoms with Gasteiger partial charge < -0.3 is 10.2 Å². The van der Waals surface area contributed by atoms with Crippen molar-refractivity contribution in [3.63, 3.8) is 0 Å². The summed E-state index contributed by atoms with van der Waals surface area (Å²) in [4.78, 5) is 6.37. The first kappa shape index (κ1) is 9.59. The van der Waals surface area contributed by atoms with Crippen molar-refractivity contribution < 1.29 is 0 Å². The van der Waals surface area contributed by atoms with Crippen LogP contribution in [0.2, 0.25) is 5.02 Å². The standard InChI is InChI=1S/C10H14ClN3/c1-7(2)14-4-3-13-9-6-12-5-8(11)10(9)14/h5-7,13H,3-4H2,1-2H3. The molecule has 2 rings (SSSR count). The number of aromatic nitrogens is 1. The molecule has 0 aliphatic carbocycles. The predicted octanol–water partition coefficient (Wildman–Crippen LogP) is 2.38. The monoisotopic (exact) mass is 211 g/mol. The largest absolute Gasteiger partial charge is 0.380 e. The Morgan fingerprint density at radius 2 is 2.29 bits per heavy atom. The van der Waals surface area contributed by atoms with Crippen LogP contribution in [0.1, 0.15) is 13.8 Å². The lowest BCUT2D eigenvalue weighted by Crippen LogP contribution is -2.39. The van der Waals surface area contributed by atoms with E-state index in [2.05, 4.69) is 29.0 Å². The minimum Gasteiger partial charge on any atom is -0.380 e. The quantitative estimate of drug-likeness (QED) is 0.773. The Bertz CT molecular complexity index is 338. The summed E-state index contributed by atoms with van der Waals surface area (Å²) in [7, 11) is 0. The van der Waals surface area contributed by atoms with Crippen LogP contribution in [0.15, 0.2) is 12.4 Å². The molecule has 0 bridgehead atoms. The van der Waals surface area contributed by atoms with Gasteiger partial charge in [-0.05, 0) is 13.8 Å². The minimum atomic E-state index is 0.468. The molecule has 76 valence electrons. The first-order valence-corrected chi connectivity index (χ1v) is 5.22. The van der Waals surface area contributed by atoms with Gasteiger partial charge in [0.15, 0.2) is 0 Å². The Morgan fingerprint density at radius 3 is 3.00 bits per heavy atom. The van der Waals surface area contributed by atoms with E-state index in [4.69, 9.17) is 11.6 Å². The van der Waals surface area contributed by atoms with Crippen LogP contribution in [0.4, 0.5) is 11.4 Å². The highest BCUT2D eigenvalue weighted by atomic mass is 35.5. The number of pyridine rings is 1. The number of rotatable bonds is 1. The summed E-state index contributed by atoms with van der Waals surface area (Å²) in [6.45, 7) is 6.29. The molecule has 1 aliphatic heterocycles. The molecule has 0 saturated carbocycles. The normalized spacial score (nSPS) is 15.3. The zero-order valence-corrected chi connectivity index (χ0v) is 9.17. The Balaban J connectivity index is 2.47. The van der Waals surface area contributed by atoms with Crippen LogP contribution in [0.3, 0.4) is 0 Å². The Hall–Kier alpha value is -0.960. The zero-order valence-electron chi connectivity index (χ0n) is 8.42. The maximum Gasteiger partial charge on any atom is 0.0844 e. The van der Waals surface area contributed by atoms with Gasteiger partial charge in [-0.15, -0.1) is 0 Å². The second-order valence-corrected chi connectivity index (χ2v) is 4.14. The molecule has 14 heavy (non-hydrogen) atoms. The minimum absolute atomic E-state index is 0.468. The van der Waals surface area contributed by atoms with E-state index in [9.17, 15) is 0 Å². The van der Waals surface area contributed by atoms with E-state index in [-0.39, 0.29) is 0 Å². The lowest BCUT2D eigenvalue weighted by Gasteiger charge is -2.35. The molecular formula is C10H14ClN3. The lowest BCUT2D eigenvalue weighted by atomic mass is 10.2. The van der Waals surface area contributed by atoms with Gasteiger partial charge in [-0.25, -0.2) is 0 Å². The van der Waals surface area contributed by atoms with Crippen molar-refractivity contribution in [1.29, 1.82) is 0 Å². The molecule has 0 unspecified atom stereocenters. The first-order chi connectivity index (χ1) is 6.70. The number of halogens is 1. The molecule has 0 fully saturated rings. The molecule has 4 heteroatoms. The van der Waals surface area contributed by atoms with Gasteiger partial charge >= 0.3 is 0 Å². The fraction of sp³-hybridized carbons (Fsp3) is 0.500. The van der Waals surface area contributed by atoms with Gasteiger partial charge in [0.05, 0.1) is 22.6 Å². The van der Waals surface area contributed by atoms with Gasteiger partial charge in [-0.1, -0.05) is 11.6 Å². The maximum absolute atomic E-state index is 6.14. The summed E-state index contributed by atoms with van der Waals surface area (Å²) in [6, 6.07) is 0.468. The molecule has 1 aromatic heterocycles.